The molecule has 0 amide bonds. The fourth-order valence-corrected chi connectivity index (χ4v) is 4.54. The third kappa shape index (κ3) is 6.52. The van der Waals surface area contributed by atoms with Crippen molar-refractivity contribution < 1.29 is 8.42 Å². The van der Waals surface area contributed by atoms with Gasteiger partial charge in [0, 0.05) is 19.6 Å². The topological polar surface area (TPSA) is 52.7 Å². The van der Waals surface area contributed by atoms with Gasteiger partial charge in [-0.05, 0) is 51.9 Å². The van der Waals surface area contributed by atoms with Crippen molar-refractivity contribution in [2.24, 2.45) is 11.8 Å². The summed E-state index contributed by atoms with van der Waals surface area (Å²) >= 11 is 0. The molecule has 0 unspecified atom stereocenters. The van der Waals surface area contributed by atoms with E-state index in [1.54, 1.807) is 4.31 Å². The summed E-state index contributed by atoms with van der Waals surface area (Å²) in [6, 6.07) is 0. The lowest BCUT2D eigenvalue weighted by molar-refractivity contribution is 0.308. The fourth-order valence-electron chi connectivity index (χ4n) is 2.51. The lowest BCUT2D eigenvalue weighted by Crippen LogP contribution is -2.42. The third-order valence-corrected chi connectivity index (χ3v) is 5.67. The smallest absolute Gasteiger partial charge is 0.214 e. The van der Waals surface area contributed by atoms with Crippen LogP contribution >= 0.6 is 0 Å². The standard InChI is InChI=1S/C14H31N3O2S/c1-13(2)11-17(10-9-16(3)4)20(18,19)12-14-5-7-15-8-6-14/h13-15H,5-12H2,1-4H3. The number of piperidine rings is 1. The van der Waals surface area contributed by atoms with Gasteiger partial charge in [-0.2, -0.15) is 0 Å². The van der Waals surface area contributed by atoms with Gasteiger partial charge < -0.3 is 10.2 Å². The molecular weight excluding hydrogens is 274 g/mol. The molecule has 0 saturated carbocycles. The van der Waals surface area contributed by atoms with E-state index in [9.17, 15) is 8.42 Å². The Hall–Kier alpha value is -0.170. The molecule has 0 radical (unpaired) electrons. The van der Waals surface area contributed by atoms with Crippen molar-refractivity contribution in [3.63, 3.8) is 0 Å². The van der Waals surface area contributed by atoms with E-state index in [1.165, 1.54) is 0 Å². The largest absolute Gasteiger partial charge is 0.317 e. The first-order chi connectivity index (χ1) is 9.31. The predicted octanol–water partition coefficient (Wildman–Crippen LogP) is 0.835. The Morgan fingerprint density at radius 3 is 2.25 bits per heavy atom. The van der Waals surface area contributed by atoms with E-state index in [-0.39, 0.29) is 0 Å². The summed E-state index contributed by atoms with van der Waals surface area (Å²) in [5.74, 6) is 0.990. The predicted molar refractivity (Wildman–Crippen MR) is 84.3 cm³/mol. The van der Waals surface area contributed by atoms with Crippen LogP contribution in [0.25, 0.3) is 0 Å². The number of rotatable bonds is 8. The molecule has 0 bridgehead atoms. The van der Waals surface area contributed by atoms with Crippen molar-refractivity contribution in [1.82, 2.24) is 14.5 Å². The van der Waals surface area contributed by atoms with E-state index in [0.717, 1.165) is 32.5 Å². The average Bonchev–Trinajstić information content (AvgIpc) is 2.34. The van der Waals surface area contributed by atoms with Crippen LogP contribution in [0.2, 0.25) is 0 Å². The van der Waals surface area contributed by atoms with Crippen molar-refractivity contribution in [3.8, 4) is 0 Å². The minimum Gasteiger partial charge on any atom is -0.317 e. The molecular formula is C14H31N3O2S. The molecule has 1 heterocycles. The SMILES string of the molecule is CC(C)CN(CCN(C)C)S(=O)(=O)CC1CCNCC1. The molecule has 0 atom stereocenters. The number of nitrogens with one attached hydrogen (secondary N) is 1. The normalized spacial score (nSPS) is 18.4. The fraction of sp³-hybridized carbons (Fsp3) is 1.00. The van der Waals surface area contributed by atoms with Gasteiger partial charge in [0.25, 0.3) is 0 Å². The maximum Gasteiger partial charge on any atom is 0.214 e. The van der Waals surface area contributed by atoms with Crippen molar-refractivity contribution in [2.75, 3.05) is 52.6 Å². The molecule has 1 saturated heterocycles. The highest BCUT2D eigenvalue weighted by Gasteiger charge is 2.27. The van der Waals surface area contributed by atoms with Gasteiger partial charge in [-0.3, -0.25) is 0 Å². The summed E-state index contributed by atoms with van der Waals surface area (Å²) < 4.78 is 27.0. The molecule has 1 aliphatic rings. The lowest BCUT2D eigenvalue weighted by Gasteiger charge is -2.29. The molecule has 6 heteroatoms. The van der Waals surface area contributed by atoms with Gasteiger partial charge in [0.1, 0.15) is 0 Å². The van der Waals surface area contributed by atoms with Crippen LogP contribution in [0.15, 0.2) is 0 Å². The van der Waals surface area contributed by atoms with E-state index in [2.05, 4.69) is 19.2 Å². The van der Waals surface area contributed by atoms with Crippen molar-refractivity contribution in [3.05, 3.63) is 0 Å². The monoisotopic (exact) mass is 305 g/mol. The van der Waals surface area contributed by atoms with E-state index >= 15 is 0 Å². The maximum atomic E-state index is 12.6. The molecule has 120 valence electrons. The van der Waals surface area contributed by atoms with Crippen molar-refractivity contribution in [1.29, 1.82) is 0 Å². The molecule has 1 fully saturated rings. The zero-order valence-electron chi connectivity index (χ0n) is 13.4. The Labute approximate surface area is 124 Å². The molecule has 1 rings (SSSR count). The first kappa shape index (κ1) is 17.9. The van der Waals surface area contributed by atoms with Crippen molar-refractivity contribution >= 4 is 10.0 Å². The highest BCUT2D eigenvalue weighted by atomic mass is 32.2. The minimum atomic E-state index is -3.13. The Morgan fingerprint density at radius 1 is 1.15 bits per heavy atom. The highest BCUT2D eigenvalue weighted by Crippen LogP contribution is 2.17. The molecule has 0 spiro atoms. The van der Waals surface area contributed by atoms with Gasteiger partial charge in [0.15, 0.2) is 0 Å². The van der Waals surface area contributed by atoms with E-state index in [1.807, 2.05) is 19.0 Å². The number of hydrogen-bond acceptors (Lipinski definition) is 4. The maximum absolute atomic E-state index is 12.6. The zero-order chi connectivity index (χ0) is 15.2. The van der Waals surface area contributed by atoms with E-state index in [4.69, 9.17) is 0 Å². The first-order valence-corrected chi connectivity index (χ1v) is 9.25. The zero-order valence-corrected chi connectivity index (χ0v) is 14.2. The van der Waals surface area contributed by atoms with Crippen LogP contribution in [-0.2, 0) is 10.0 Å². The van der Waals surface area contributed by atoms with Crippen LogP contribution in [0.4, 0.5) is 0 Å². The number of sulfonamides is 1. The second kappa shape index (κ2) is 8.32. The van der Waals surface area contributed by atoms with Gasteiger partial charge in [0.2, 0.25) is 10.0 Å². The molecule has 0 aromatic rings. The van der Waals surface area contributed by atoms with Crippen LogP contribution in [-0.4, -0.2) is 70.2 Å². The highest BCUT2D eigenvalue weighted by molar-refractivity contribution is 7.89. The molecule has 20 heavy (non-hydrogen) atoms. The summed E-state index contributed by atoms with van der Waals surface area (Å²) in [7, 11) is 0.824. The summed E-state index contributed by atoms with van der Waals surface area (Å²) in [5, 5.41) is 3.29. The molecule has 0 aromatic carbocycles. The Kier molecular flexibility index (Phi) is 7.43. The van der Waals surface area contributed by atoms with Crippen LogP contribution in [0.3, 0.4) is 0 Å². The van der Waals surface area contributed by atoms with E-state index in [0.29, 0.717) is 30.7 Å². The van der Waals surface area contributed by atoms with Crippen LogP contribution in [0, 0.1) is 11.8 Å². The average molecular weight is 305 g/mol. The first-order valence-electron chi connectivity index (χ1n) is 7.64. The number of nitrogens with zero attached hydrogens (tertiary/aromatic N) is 2. The van der Waals surface area contributed by atoms with Gasteiger partial charge in [-0.25, -0.2) is 12.7 Å². The second-order valence-electron chi connectivity index (χ2n) is 6.53. The molecule has 1 aliphatic heterocycles. The van der Waals surface area contributed by atoms with Crippen LogP contribution in [0.5, 0.6) is 0 Å². The van der Waals surface area contributed by atoms with Crippen molar-refractivity contribution in [2.45, 2.75) is 26.7 Å². The van der Waals surface area contributed by atoms with Gasteiger partial charge in [-0.1, -0.05) is 13.8 Å². The Bertz CT molecular complexity index is 363. The molecule has 1 N–H and O–H groups in total. The third-order valence-electron chi connectivity index (χ3n) is 3.66. The minimum absolute atomic E-state index is 0.314. The van der Waals surface area contributed by atoms with Gasteiger partial charge in [0.05, 0.1) is 5.75 Å². The molecule has 0 aromatic heterocycles. The second-order valence-corrected chi connectivity index (χ2v) is 8.54. The quantitative estimate of drug-likeness (QED) is 0.722. The van der Waals surface area contributed by atoms with Gasteiger partial charge in [-0.15, -0.1) is 0 Å². The molecule has 5 nitrogen and oxygen atoms in total. The summed E-state index contributed by atoms with van der Waals surface area (Å²) in [6.45, 7) is 8.04. The van der Waals surface area contributed by atoms with Gasteiger partial charge >= 0.3 is 0 Å². The Morgan fingerprint density at radius 2 is 1.75 bits per heavy atom. The number of likely N-dealkylation sites (N-methyl/N-ethyl adjacent to an activating group) is 1. The van der Waals surface area contributed by atoms with Crippen LogP contribution in [0.1, 0.15) is 26.7 Å². The van der Waals surface area contributed by atoms with E-state index < -0.39 is 10.0 Å². The van der Waals surface area contributed by atoms with Crippen LogP contribution < -0.4 is 5.32 Å². The summed E-state index contributed by atoms with van der Waals surface area (Å²) in [6.07, 6.45) is 1.95. The summed E-state index contributed by atoms with van der Waals surface area (Å²) in [4.78, 5) is 2.04. The lowest BCUT2D eigenvalue weighted by atomic mass is 10.0. The number of hydrogen-bond donors (Lipinski definition) is 1. The Balaban J connectivity index is 2.64. The molecule has 0 aliphatic carbocycles. The summed E-state index contributed by atoms with van der Waals surface area (Å²) in [5.41, 5.74) is 0.